The Morgan fingerprint density at radius 1 is 1.00 bits per heavy atom. The van der Waals surface area contributed by atoms with Gasteiger partial charge in [0.15, 0.2) is 0 Å². The van der Waals surface area contributed by atoms with Gasteiger partial charge in [-0.2, -0.15) is 5.10 Å². The minimum atomic E-state index is 0.0126. The Morgan fingerprint density at radius 2 is 1.66 bits per heavy atom. The van der Waals surface area contributed by atoms with Gasteiger partial charge in [-0.25, -0.2) is 4.68 Å². The molecule has 2 aliphatic rings. The zero-order valence-electron chi connectivity index (χ0n) is 21.4. The summed E-state index contributed by atoms with van der Waals surface area (Å²) in [5, 5.41) is 4.73. The van der Waals surface area contributed by atoms with E-state index in [1.165, 1.54) is 37.7 Å². The van der Waals surface area contributed by atoms with E-state index in [1.54, 1.807) is 11.8 Å². The summed E-state index contributed by atoms with van der Waals surface area (Å²) in [6.45, 7) is 3.77. The van der Waals surface area contributed by atoms with Gasteiger partial charge in [-0.05, 0) is 101 Å². The van der Waals surface area contributed by atoms with Gasteiger partial charge >= 0.3 is 0 Å². The Labute approximate surface area is 208 Å². The number of methoxy groups -OCH3 is 1. The van der Waals surface area contributed by atoms with E-state index in [4.69, 9.17) is 9.84 Å². The van der Waals surface area contributed by atoms with Gasteiger partial charge < -0.3 is 14.5 Å². The Hall–Kier alpha value is -3.12. The van der Waals surface area contributed by atoms with Crippen molar-refractivity contribution in [2.24, 2.45) is 0 Å². The number of amides is 1. The summed E-state index contributed by atoms with van der Waals surface area (Å²) in [5.74, 6) is 0.795. The zero-order chi connectivity index (χ0) is 24.6. The third kappa shape index (κ3) is 4.36. The second kappa shape index (κ2) is 9.50. The van der Waals surface area contributed by atoms with Gasteiger partial charge in [-0.15, -0.1) is 0 Å². The average Bonchev–Trinajstić information content (AvgIpc) is 3.49. The summed E-state index contributed by atoms with van der Waals surface area (Å²) in [6.07, 6.45) is 7.11. The van der Waals surface area contributed by atoms with E-state index < -0.39 is 0 Å². The van der Waals surface area contributed by atoms with Crippen molar-refractivity contribution < 1.29 is 9.53 Å². The maximum atomic E-state index is 13.8. The monoisotopic (exact) mass is 472 g/mol. The van der Waals surface area contributed by atoms with Gasteiger partial charge in [-0.1, -0.05) is 25.0 Å². The summed E-state index contributed by atoms with van der Waals surface area (Å²) in [5.41, 5.74) is 6.16. The number of hydrogen-bond donors (Lipinski definition) is 0. The first-order chi connectivity index (χ1) is 16.9. The maximum Gasteiger partial charge on any atom is 0.277 e. The van der Waals surface area contributed by atoms with Crippen molar-refractivity contribution in [1.29, 1.82) is 0 Å². The number of ether oxygens (including phenoxy) is 1. The molecule has 6 nitrogen and oxygen atoms in total. The predicted molar refractivity (Wildman–Crippen MR) is 140 cm³/mol. The maximum absolute atomic E-state index is 13.8. The molecule has 3 aromatic rings. The molecule has 2 heterocycles. The second-order valence-electron chi connectivity index (χ2n) is 10.3. The first-order valence-electron chi connectivity index (χ1n) is 12.7. The van der Waals surface area contributed by atoms with E-state index in [0.717, 1.165) is 41.3 Å². The standard InChI is InChI=1S/C29H36N4O2/c1-21-26-15-19-32(28(34)27(26)33(30-21)24-11-13-25(35-4)14-12-24)23-9-7-22(8-10-23)29(16-5-6-17-29)18-20-31(2)3/h7-14H,5-6,15-20H2,1-4H3. The smallest absolute Gasteiger partial charge is 0.277 e. The summed E-state index contributed by atoms with van der Waals surface area (Å²) >= 11 is 0. The van der Waals surface area contributed by atoms with Crippen LogP contribution < -0.4 is 9.64 Å². The number of aromatic nitrogens is 2. The van der Waals surface area contributed by atoms with Crippen LogP contribution in [-0.2, 0) is 11.8 Å². The van der Waals surface area contributed by atoms with E-state index in [9.17, 15) is 4.79 Å². The number of aryl methyl sites for hydroxylation is 1. The molecule has 6 heteroatoms. The number of anilines is 1. The molecule has 1 aliphatic carbocycles. The van der Waals surface area contributed by atoms with Crippen molar-refractivity contribution in [3.05, 3.63) is 71.0 Å². The summed E-state index contributed by atoms with van der Waals surface area (Å²) in [4.78, 5) is 18.0. The van der Waals surface area contributed by atoms with Crippen molar-refractivity contribution in [3.63, 3.8) is 0 Å². The minimum Gasteiger partial charge on any atom is -0.497 e. The van der Waals surface area contributed by atoms with Gasteiger partial charge in [0.2, 0.25) is 0 Å². The van der Waals surface area contributed by atoms with Crippen LogP contribution in [0.25, 0.3) is 5.69 Å². The number of benzene rings is 2. The van der Waals surface area contributed by atoms with Crippen molar-refractivity contribution in [1.82, 2.24) is 14.7 Å². The van der Waals surface area contributed by atoms with Crippen LogP contribution in [0.4, 0.5) is 5.69 Å². The summed E-state index contributed by atoms with van der Waals surface area (Å²) in [7, 11) is 5.96. The molecule has 0 saturated heterocycles. The summed E-state index contributed by atoms with van der Waals surface area (Å²) in [6, 6.07) is 16.5. The highest BCUT2D eigenvalue weighted by Crippen LogP contribution is 2.44. The predicted octanol–water partition coefficient (Wildman–Crippen LogP) is 5.16. The molecule has 1 saturated carbocycles. The zero-order valence-corrected chi connectivity index (χ0v) is 21.4. The van der Waals surface area contributed by atoms with Crippen molar-refractivity contribution in [3.8, 4) is 11.4 Å². The number of carbonyl (C=O) groups is 1. The van der Waals surface area contributed by atoms with Crippen LogP contribution in [-0.4, -0.2) is 54.9 Å². The van der Waals surface area contributed by atoms with E-state index in [1.807, 2.05) is 36.1 Å². The number of nitrogens with zero attached hydrogens (tertiary/aromatic N) is 4. The molecular formula is C29H36N4O2. The number of carbonyl (C=O) groups excluding carboxylic acids is 1. The first-order valence-corrected chi connectivity index (χ1v) is 12.7. The van der Waals surface area contributed by atoms with Gasteiger partial charge in [0.25, 0.3) is 5.91 Å². The van der Waals surface area contributed by atoms with E-state index in [0.29, 0.717) is 12.2 Å². The lowest BCUT2D eigenvalue weighted by Gasteiger charge is -2.32. The number of fused-ring (bicyclic) bond motifs is 1. The molecule has 0 N–H and O–H groups in total. The molecule has 5 rings (SSSR count). The number of hydrogen-bond acceptors (Lipinski definition) is 4. The lowest BCUT2D eigenvalue weighted by atomic mass is 9.76. The normalized spacial score (nSPS) is 17.2. The van der Waals surface area contributed by atoms with Crippen molar-refractivity contribution in [2.75, 3.05) is 39.2 Å². The van der Waals surface area contributed by atoms with Gasteiger partial charge in [0.1, 0.15) is 11.4 Å². The van der Waals surface area contributed by atoms with Crippen LogP contribution in [0.1, 0.15) is 59.4 Å². The van der Waals surface area contributed by atoms with Crippen LogP contribution in [0.5, 0.6) is 5.75 Å². The fourth-order valence-electron chi connectivity index (χ4n) is 5.86. The molecule has 1 aliphatic heterocycles. The fraction of sp³-hybridized carbons (Fsp3) is 0.448. The molecular weight excluding hydrogens is 436 g/mol. The fourth-order valence-corrected chi connectivity index (χ4v) is 5.86. The topological polar surface area (TPSA) is 50.6 Å². The Morgan fingerprint density at radius 3 is 2.29 bits per heavy atom. The molecule has 1 aromatic heterocycles. The van der Waals surface area contributed by atoms with Gasteiger partial charge in [0.05, 0.1) is 18.5 Å². The molecule has 0 unspecified atom stereocenters. The lowest BCUT2D eigenvalue weighted by molar-refractivity contribution is 0.0973. The lowest BCUT2D eigenvalue weighted by Crippen LogP contribution is -2.39. The van der Waals surface area contributed by atoms with Crippen LogP contribution in [0.2, 0.25) is 0 Å². The molecule has 0 atom stereocenters. The van der Waals surface area contributed by atoms with Crippen LogP contribution in [0, 0.1) is 6.92 Å². The second-order valence-corrected chi connectivity index (χ2v) is 10.3. The quantitative estimate of drug-likeness (QED) is 0.477. The molecule has 0 bridgehead atoms. The SMILES string of the molecule is COc1ccc(-n2nc(C)c3c2C(=O)N(c2ccc(C4(CCN(C)C)CCCC4)cc2)CC3)cc1. The third-order valence-electron chi connectivity index (χ3n) is 7.92. The largest absolute Gasteiger partial charge is 0.497 e. The van der Waals surface area contributed by atoms with Crippen molar-refractivity contribution in [2.45, 2.75) is 50.9 Å². The van der Waals surface area contributed by atoms with E-state index in [-0.39, 0.29) is 11.3 Å². The highest BCUT2D eigenvalue weighted by Gasteiger charge is 2.36. The molecule has 2 aromatic carbocycles. The minimum absolute atomic E-state index is 0.0126. The van der Waals surface area contributed by atoms with Gasteiger partial charge in [-0.3, -0.25) is 4.79 Å². The van der Waals surface area contributed by atoms with Gasteiger partial charge in [0, 0.05) is 17.8 Å². The summed E-state index contributed by atoms with van der Waals surface area (Å²) < 4.78 is 7.09. The van der Waals surface area contributed by atoms with E-state index in [2.05, 4.69) is 43.3 Å². The molecule has 0 radical (unpaired) electrons. The molecule has 1 amide bonds. The highest BCUT2D eigenvalue weighted by atomic mass is 16.5. The Bertz CT molecular complexity index is 1190. The molecule has 184 valence electrons. The van der Waals surface area contributed by atoms with Crippen LogP contribution in [0.3, 0.4) is 0 Å². The molecule has 35 heavy (non-hydrogen) atoms. The third-order valence-corrected chi connectivity index (χ3v) is 7.92. The van der Waals surface area contributed by atoms with Crippen LogP contribution in [0.15, 0.2) is 48.5 Å². The number of rotatable bonds is 7. The molecule has 1 fully saturated rings. The van der Waals surface area contributed by atoms with E-state index >= 15 is 0 Å². The van der Waals surface area contributed by atoms with Crippen molar-refractivity contribution >= 4 is 11.6 Å². The van der Waals surface area contributed by atoms with Crippen LogP contribution >= 0.6 is 0 Å². The average molecular weight is 473 g/mol. The molecule has 0 spiro atoms. The first kappa shape index (κ1) is 23.6. The highest BCUT2D eigenvalue weighted by molar-refractivity contribution is 6.07. The Balaban J connectivity index is 1.43. The Kier molecular flexibility index (Phi) is 6.41.